The van der Waals surface area contributed by atoms with E-state index < -0.39 is 0 Å². The lowest BCUT2D eigenvalue weighted by atomic mass is 9.58. The van der Waals surface area contributed by atoms with Gasteiger partial charge in [-0.1, -0.05) is 13.8 Å². The molecule has 1 saturated carbocycles. The summed E-state index contributed by atoms with van der Waals surface area (Å²) >= 11 is 0. The van der Waals surface area contributed by atoms with Crippen molar-refractivity contribution in [1.29, 1.82) is 0 Å². The molecule has 2 aliphatic rings. The average Bonchev–Trinajstić information content (AvgIpc) is 2.99. The van der Waals surface area contributed by atoms with Gasteiger partial charge in [0.25, 0.3) is 5.91 Å². The van der Waals surface area contributed by atoms with Gasteiger partial charge in [-0.25, -0.2) is 0 Å². The van der Waals surface area contributed by atoms with Gasteiger partial charge in [0.15, 0.2) is 5.69 Å². The number of H-pyrrole nitrogens is 1. The molecule has 136 valence electrons. The number of nitrogens with zero attached hydrogens (tertiary/aromatic N) is 1. The van der Waals surface area contributed by atoms with E-state index in [4.69, 9.17) is 4.74 Å². The lowest BCUT2D eigenvalue weighted by molar-refractivity contribution is -0.134. The summed E-state index contributed by atoms with van der Waals surface area (Å²) in [6, 6.07) is 0.172. The van der Waals surface area contributed by atoms with E-state index >= 15 is 0 Å². The number of fused-ring (bicyclic) bond motifs is 1. The molecule has 2 atom stereocenters. The Kier molecular flexibility index (Phi) is 6.28. The number of carbonyl (C=O) groups is 1. The van der Waals surface area contributed by atoms with Crippen LogP contribution in [0.5, 0.6) is 0 Å². The van der Waals surface area contributed by atoms with Gasteiger partial charge in [0.1, 0.15) is 0 Å². The van der Waals surface area contributed by atoms with Crippen LogP contribution in [0, 0.1) is 5.41 Å². The molecule has 1 fully saturated rings. The Bertz CT molecular complexity index is 571. The number of aromatic amines is 1. The van der Waals surface area contributed by atoms with E-state index in [9.17, 15) is 4.79 Å². The van der Waals surface area contributed by atoms with Crippen molar-refractivity contribution in [3.8, 4) is 0 Å². The minimum Gasteiger partial charge on any atom is -0.378 e. The molecule has 3 rings (SSSR count). The van der Waals surface area contributed by atoms with Crippen LogP contribution in [0.2, 0.25) is 0 Å². The van der Waals surface area contributed by atoms with Gasteiger partial charge in [0.2, 0.25) is 0 Å². The normalized spacial score (nSPS) is 24.5. The largest absolute Gasteiger partial charge is 0.378 e. The number of amides is 1. The van der Waals surface area contributed by atoms with E-state index in [0.29, 0.717) is 12.2 Å². The Morgan fingerprint density at radius 2 is 2.12 bits per heavy atom. The average molecular weight is 357 g/mol. The topological polar surface area (TPSA) is 79.0 Å². The first-order valence-electron chi connectivity index (χ1n) is 8.85. The van der Waals surface area contributed by atoms with Crippen LogP contribution in [0.3, 0.4) is 0 Å². The van der Waals surface area contributed by atoms with Gasteiger partial charge in [-0.2, -0.15) is 5.10 Å². The summed E-state index contributed by atoms with van der Waals surface area (Å²) in [5, 5.41) is 13.8. The molecule has 0 radical (unpaired) electrons. The molecule has 1 aliphatic carbocycles. The molecule has 0 aromatic carbocycles. The highest BCUT2D eigenvalue weighted by molar-refractivity contribution is 5.94. The van der Waals surface area contributed by atoms with Gasteiger partial charge in [0, 0.05) is 48.8 Å². The molecule has 0 bridgehead atoms. The van der Waals surface area contributed by atoms with Crippen molar-refractivity contribution in [1.82, 2.24) is 20.8 Å². The second-order valence-corrected chi connectivity index (χ2v) is 6.60. The molecular weight excluding hydrogens is 328 g/mol. The molecule has 2 heterocycles. The summed E-state index contributed by atoms with van der Waals surface area (Å²) in [4.78, 5) is 12.7. The summed E-state index contributed by atoms with van der Waals surface area (Å²) in [5.41, 5.74) is 2.72. The van der Waals surface area contributed by atoms with Crippen molar-refractivity contribution < 1.29 is 9.53 Å². The van der Waals surface area contributed by atoms with Crippen molar-refractivity contribution in [2.24, 2.45) is 5.41 Å². The van der Waals surface area contributed by atoms with Crippen LogP contribution in [0.15, 0.2) is 0 Å². The third-order valence-corrected chi connectivity index (χ3v) is 5.80. The lowest BCUT2D eigenvalue weighted by Gasteiger charge is -2.55. The predicted molar refractivity (Wildman–Crippen MR) is 95.5 cm³/mol. The number of ether oxygens (including phenoxy) is 1. The molecule has 1 aromatic rings. The van der Waals surface area contributed by atoms with Gasteiger partial charge in [-0.15, -0.1) is 12.4 Å². The summed E-state index contributed by atoms with van der Waals surface area (Å²) in [7, 11) is 0. The second-order valence-electron chi connectivity index (χ2n) is 6.60. The van der Waals surface area contributed by atoms with Crippen LogP contribution in [-0.2, 0) is 17.7 Å². The minimum absolute atomic E-state index is 0. The molecular formula is C17H29ClN4O2. The number of aromatic nitrogens is 2. The molecule has 24 heavy (non-hydrogen) atoms. The van der Waals surface area contributed by atoms with E-state index in [0.717, 1.165) is 50.1 Å². The zero-order valence-corrected chi connectivity index (χ0v) is 15.6. The van der Waals surface area contributed by atoms with Crippen LogP contribution in [0.4, 0.5) is 0 Å². The Balaban J connectivity index is 0.00000208. The number of hydrogen-bond donors (Lipinski definition) is 3. The summed E-state index contributed by atoms with van der Waals surface area (Å²) in [6.45, 7) is 8.79. The molecule has 6 nitrogen and oxygen atoms in total. The first-order chi connectivity index (χ1) is 11.2. The van der Waals surface area contributed by atoms with Crippen LogP contribution in [0.25, 0.3) is 0 Å². The van der Waals surface area contributed by atoms with Crippen molar-refractivity contribution in [2.45, 2.75) is 65.1 Å². The fourth-order valence-electron chi connectivity index (χ4n) is 4.22. The lowest BCUT2D eigenvalue weighted by Crippen LogP contribution is -2.64. The highest BCUT2D eigenvalue weighted by Gasteiger charge is 2.54. The Labute approximate surface area is 149 Å². The van der Waals surface area contributed by atoms with Crippen molar-refractivity contribution in [3.05, 3.63) is 17.0 Å². The SMILES string of the molecule is CCOC1CC(NC(=O)c2n[nH]c3c2CNCC3)C1(CC)CC.Cl. The van der Waals surface area contributed by atoms with Gasteiger partial charge in [0.05, 0.1) is 6.10 Å². The fraction of sp³-hybridized carbons (Fsp3) is 0.765. The smallest absolute Gasteiger partial charge is 0.272 e. The van der Waals surface area contributed by atoms with Crippen molar-refractivity contribution in [3.63, 3.8) is 0 Å². The van der Waals surface area contributed by atoms with Gasteiger partial charge in [-0.3, -0.25) is 9.89 Å². The Morgan fingerprint density at radius 3 is 2.79 bits per heavy atom. The molecule has 0 spiro atoms. The van der Waals surface area contributed by atoms with Crippen LogP contribution in [0.1, 0.15) is 61.8 Å². The van der Waals surface area contributed by atoms with E-state index in [1.54, 1.807) is 0 Å². The van der Waals surface area contributed by atoms with Gasteiger partial charge < -0.3 is 15.4 Å². The highest BCUT2D eigenvalue weighted by atomic mass is 35.5. The van der Waals surface area contributed by atoms with E-state index in [2.05, 4.69) is 34.7 Å². The third kappa shape index (κ3) is 3.07. The zero-order valence-electron chi connectivity index (χ0n) is 14.8. The van der Waals surface area contributed by atoms with E-state index in [-0.39, 0.29) is 35.9 Å². The first-order valence-corrected chi connectivity index (χ1v) is 8.85. The molecule has 0 saturated heterocycles. The van der Waals surface area contributed by atoms with Gasteiger partial charge >= 0.3 is 0 Å². The van der Waals surface area contributed by atoms with Crippen LogP contribution in [-0.4, -0.2) is 41.4 Å². The molecule has 7 heteroatoms. The summed E-state index contributed by atoms with van der Waals surface area (Å²) in [6.07, 6.45) is 4.08. The van der Waals surface area contributed by atoms with Crippen molar-refractivity contribution >= 4 is 18.3 Å². The zero-order chi connectivity index (χ0) is 16.4. The number of nitrogens with one attached hydrogen (secondary N) is 3. The quantitative estimate of drug-likeness (QED) is 0.730. The number of hydrogen-bond acceptors (Lipinski definition) is 4. The van der Waals surface area contributed by atoms with E-state index in [1.165, 1.54) is 0 Å². The highest BCUT2D eigenvalue weighted by Crippen LogP contribution is 2.49. The minimum atomic E-state index is -0.0579. The van der Waals surface area contributed by atoms with E-state index in [1.807, 2.05) is 6.92 Å². The summed E-state index contributed by atoms with van der Waals surface area (Å²) < 4.78 is 5.89. The predicted octanol–water partition coefficient (Wildman–Crippen LogP) is 2.19. The Hall–Kier alpha value is -1.11. The molecule has 1 aromatic heterocycles. The van der Waals surface area contributed by atoms with Gasteiger partial charge in [-0.05, 0) is 26.2 Å². The number of carbonyl (C=O) groups excluding carboxylic acids is 1. The monoisotopic (exact) mass is 356 g/mol. The maximum atomic E-state index is 12.7. The number of rotatable bonds is 6. The standard InChI is InChI=1S/C17H28N4O2.ClH/c1-4-17(5-2)13(9-14(17)23-6-3)19-16(22)15-11-10-18-8-7-12(11)20-21-15;/h13-14,18H,4-10H2,1-3H3,(H,19,22)(H,20,21);1H. The molecule has 1 aliphatic heterocycles. The van der Waals surface area contributed by atoms with Crippen molar-refractivity contribution in [2.75, 3.05) is 13.2 Å². The van der Waals surface area contributed by atoms with Crippen LogP contribution >= 0.6 is 12.4 Å². The molecule has 3 N–H and O–H groups in total. The maximum absolute atomic E-state index is 12.7. The second kappa shape index (κ2) is 7.85. The maximum Gasteiger partial charge on any atom is 0.272 e. The molecule has 1 amide bonds. The third-order valence-electron chi connectivity index (χ3n) is 5.80. The number of halogens is 1. The summed E-state index contributed by atoms with van der Waals surface area (Å²) in [5.74, 6) is -0.0579. The van der Waals surface area contributed by atoms with Crippen LogP contribution < -0.4 is 10.6 Å². The molecule has 2 unspecified atom stereocenters. The Morgan fingerprint density at radius 1 is 1.38 bits per heavy atom. The fourth-order valence-corrected chi connectivity index (χ4v) is 4.22. The first kappa shape index (κ1) is 19.2.